The van der Waals surface area contributed by atoms with Gasteiger partial charge in [-0.25, -0.2) is 14.9 Å². The summed E-state index contributed by atoms with van der Waals surface area (Å²) in [5, 5.41) is 7.71. The van der Waals surface area contributed by atoms with Crippen molar-refractivity contribution in [2.75, 3.05) is 11.5 Å². The van der Waals surface area contributed by atoms with Crippen LogP contribution in [0.1, 0.15) is 12.8 Å². The molecule has 10 heteroatoms. The fourth-order valence-corrected chi connectivity index (χ4v) is 4.06. The number of aromatic nitrogens is 5. The molecule has 3 aromatic rings. The average molecular weight is 413 g/mol. The molecule has 2 amide bonds. The second-order valence-electron chi connectivity index (χ2n) is 8.34. The molecular weight excluding hydrogens is 388 g/mol. The summed E-state index contributed by atoms with van der Waals surface area (Å²) < 4.78 is 7.77. The predicted octanol–water partition coefficient (Wildman–Crippen LogP) is 2.79. The first-order valence-corrected chi connectivity index (χ1v) is 13.3. The fourth-order valence-electron chi connectivity index (χ4n) is 3.30. The Bertz CT molecular complexity index is 1050. The summed E-state index contributed by atoms with van der Waals surface area (Å²) in [4.78, 5) is 34.2. The van der Waals surface area contributed by atoms with Gasteiger partial charge in [-0.1, -0.05) is 19.6 Å². The number of hydrogen-bond donors (Lipinski definition) is 1. The molecule has 0 saturated carbocycles. The van der Waals surface area contributed by atoms with E-state index in [9.17, 15) is 9.59 Å². The van der Waals surface area contributed by atoms with Crippen LogP contribution in [0.4, 0.5) is 5.82 Å². The van der Waals surface area contributed by atoms with E-state index >= 15 is 0 Å². The number of carbonyl (C=O) groups is 2. The molecule has 152 valence electrons. The average Bonchev–Trinajstić information content (AvgIpc) is 3.37. The maximum atomic E-state index is 12.2. The van der Waals surface area contributed by atoms with Crippen LogP contribution in [0.5, 0.6) is 0 Å². The first-order chi connectivity index (χ1) is 13.8. The van der Waals surface area contributed by atoms with Gasteiger partial charge in [0, 0.05) is 45.3 Å². The van der Waals surface area contributed by atoms with Gasteiger partial charge in [0.2, 0.25) is 11.8 Å². The van der Waals surface area contributed by atoms with Gasteiger partial charge >= 0.3 is 0 Å². The Morgan fingerprint density at radius 3 is 2.66 bits per heavy atom. The van der Waals surface area contributed by atoms with E-state index < -0.39 is 8.07 Å². The Hall–Kier alpha value is -2.85. The number of fused-ring (bicyclic) bond motifs is 1. The normalized spacial score (nSPS) is 15.1. The summed E-state index contributed by atoms with van der Waals surface area (Å²) in [6.45, 7) is 8.09. The molecule has 0 aromatic carbocycles. The number of rotatable bonds is 7. The molecule has 3 aromatic heterocycles. The summed E-state index contributed by atoms with van der Waals surface area (Å²) in [6.07, 6.45) is 5.44. The number of hydrogen-bond acceptors (Lipinski definition) is 6. The minimum atomic E-state index is -1.14. The zero-order valence-corrected chi connectivity index (χ0v) is 17.8. The van der Waals surface area contributed by atoms with E-state index in [1.807, 2.05) is 16.8 Å². The number of imide groups is 1. The summed E-state index contributed by atoms with van der Waals surface area (Å²) in [6, 6.07) is 3.01. The van der Waals surface area contributed by atoms with Crippen molar-refractivity contribution < 1.29 is 14.3 Å². The first kappa shape index (κ1) is 19.5. The first-order valence-electron chi connectivity index (χ1n) is 9.63. The molecular formula is C19H24N6O3Si. The largest absolute Gasteiger partial charge is 0.361 e. The SMILES string of the molecule is C[Si](C)(C)CCOCn1ccc2c(-c3c[nH]nc3N3C(=O)CCC3=O)ncnc21. The van der Waals surface area contributed by atoms with Crippen molar-refractivity contribution >= 4 is 36.7 Å². The third kappa shape index (κ3) is 3.85. The molecule has 29 heavy (non-hydrogen) atoms. The molecule has 0 unspecified atom stereocenters. The second kappa shape index (κ2) is 7.52. The lowest BCUT2D eigenvalue weighted by molar-refractivity contribution is -0.121. The zero-order chi connectivity index (χ0) is 20.6. The molecule has 0 aliphatic carbocycles. The molecule has 1 N–H and O–H groups in total. The molecule has 1 fully saturated rings. The van der Waals surface area contributed by atoms with Crippen LogP contribution in [-0.2, 0) is 21.1 Å². The summed E-state index contributed by atoms with van der Waals surface area (Å²) in [7, 11) is -1.14. The Balaban J connectivity index is 1.62. The third-order valence-electron chi connectivity index (χ3n) is 4.92. The van der Waals surface area contributed by atoms with Crippen LogP contribution in [0.15, 0.2) is 24.8 Å². The molecule has 9 nitrogen and oxygen atoms in total. The van der Waals surface area contributed by atoms with Crippen LogP contribution in [-0.4, -0.2) is 51.2 Å². The molecule has 4 rings (SSSR count). The quantitative estimate of drug-likeness (QED) is 0.363. The molecule has 1 saturated heterocycles. The minimum absolute atomic E-state index is 0.204. The lowest BCUT2D eigenvalue weighted by Crippen LogP contribution is -2.29. The Labute approximate surface area is 169 Å². The molecule has 1 aliphatic rings. The topological polar surface area (TPSA) is 106 Å². The van der Waals surface area contributed by atoms with E-state index in [1.165, 1.54) is 6.33 Å². The van der Waals surface area contributed by atoms with Crippen molar-refractivity contribution in [3.05, 3.63) is 24.8 Å². The van der Waals surface area contributed by atoms with Crippen LogP contribution in [0.3, 0.4) is 0 Å². The summed E-state index contributed by atoms with van der Waals surface area (Å²) in [5.74, 6) is -0.208. The van der Waals surface area contributed by atoms with Gasteiger partial charge in [0.1, 0.15) is 18.7 Å². The van der Waals surface area contributed by atoms with Gasteiger partial charge in [-0.3, -0.25) is 14.7 Å². The predicted molar refractivity (Wildman–Crippen MR) is 111 cm³/mol. The highest BCUT2D eigenvalue weighted by atomic mass is 28.3. The summed E-state index contributed by atoms with van der Waals surface area (Å²) in [5.41, 5.74) is 1.94. The smallest absolute Gasteiger partial charge is 0.235 e. The number of nitrogens with one attached hydrogen (secondary N) is 1. The van der Waals surface area contributed by atoms with E-state index in [1.54, 1.807) is 6.20 Å². The van der Waals surface area contributed by atoms with Crippen molar-refractivity contribution in [2.45, 2.75) is 45.3 Å². The third-order valence-corrected chi connectivity index (χ3v) is 6.63. The number of ether oxygens (including phenoxy) is 1. The lowest BCUT2D eigenvalue weighted by Gasteiger charge is -2.15. The van der Waals surface area contributed by atoms with E-state index in [2.05, 4.69) is 39.8 Å². The van der Waals surface area contributed by atoms with Gasteiger partial charge < -0.3 is 9.30 Å². The number of amides is 2. The van der Waals surface area contributed by atoms with Gasteiger partial charge in [-0.2, -0.15) is 5.10 Å². The number of H-pyrrole nitrogens is 1. The van der Waals surface area contributed by atoms with Crippen LogP contribution < -0.4 is 4.90 Å². The molecule has 0 bridgehead atoms. The number of nitrogens with zero attached hydrogens (tertiary/aromatic N) is 5. The van der Waals surface area contributed by atoms with E-state index in [0.29, 0.717) is 18.0 Å². The Morgan fingerprint density at radius 2 is 1.93 bits per heavy atom. The fraction of sp³-hybridized carbons (Fsp3) is 0.421. The highest BCUT2D eigenvalue weighted by Gasteiger charge is 2.34. The van der Waals surface area contributed by atoms with Gasteiger partial charge in [-0.15, -0.1) is 0 Å². The van der Waals surface area contributed by atoms with Crippen molar-refractivity contribution in [3.8, 4) is 11.3 Å². The van der Waals surface area contributed by atoms with E-state index in [-0.39, 0.29) is 30.5 Å². The summed E-state index contributed by atoms with van der Waals surface area (Å²) >= 11 is 0. The molecule has 0 radical (unpaired) electrons. The number of anilines is 1. The van der Waals surface area contributed by atoms with Crippen LogP contribution in [0.2, 0.25) is 25.7 Å². The highest BCUT2D eigenvalue weighted by molar-refractivity contribution is 6.76. The molecule has 4 heterocycles. The number of carbonyl (C=O) groups excluding carboxylic acids is 2. The monoisotopic (exact) mass is 412 g/mol. The van der Waals surface area contributed by atoms with E-state index in [0.717, 1.165) is 28.6 Å². The number of aromatic amines is 1. The maximum Gasteiger partial charge on any atom is 0.235 e. The van der Waals surface area contributed by atoms with Crippen LogP contribution >= 0.6 is 0 Å². The Morgan fingerprint density at radius 1 is 1.17 bits per heavy atom. The van der Waals surface area contributed by atoms with Crippen LogP contribution in [0.25, 0.3) is 22.3 Å². The van der Waals surface area contributed by atoms with Crippen molar-refractivity contribution in [3.63, 3.8) is 0 Å². The highest BCUT2D eigenvalue weighted by Crippen LogP contribution is 2.34. The minimum Gasteiger partial charge on any atom is -0.361 e. The lowest BCUT2D eigenvalue weighted by atomic mass is 10.1. The second-order valence-corrected chi connectivity index (χ2v) is 14.0. The maximum absolute atomic E-state index is 12.2. The zero-order valence-electron chi connectivity index (χ0n) is 16.8. The Kier molecular flexibility index (Phi) is 5.05. The van der Waals surface area contributed by atoms with Gasteiger partial charge in [0.25, 0.3) is 0 Å². The standard InChI is InChI=1S/C19H24N6O3Si/c1-29(2,3)9-8-28-12-24-7-6-13-17(20-11-21-18(13)24)14-10-22-23-19(14)25-15(26)4-5-16(25)27/h6-7,10-11H,4-5,8-9,12H2,1-3H3,(H,22,23). The van der Waals surface area contributed by atoms with Gasteiger partial charge in [0.05, 0.1) is 11.3 Å². The molecule has 1 aliphatic heterocycles. The van der Waals surface area contributed by atoms with Gasteiger partial charge in [-0.05, 0) is 12.1 Å². The van der Waals surface area contributed by atoms with E-state index in [4.69, 9.17) is 4.74 Å². The van der Waals surface area contributed by atoms with Crippen molar-refractivity contribution in [1.82, 2.24) is 24.7 Å². The van der Waals surface area contributed by atoms with Gasteiger partial charge in [0.15, 0.2) is 5.82 Å². The van der Waals surface area contributed by atoms with Crippen LogP contribution in [0, 0.1) is 0 Å². The molecule has 0 atom stereocenters. The molecule has 0 spiro atoms. The van der Waals surface area contributed by atoms with Crippen molar-refractivity contribution in [1.29, 1.82) is 0 Å². The van der Waals surface area contributed by atoms with Crippen molar-refractivity contribution in [2.24, 2.45) is 0 Å².